The second kappa shape index (κ2) is 8.39. The number of thiophene rings is 1. The highest BCUT2D eigenvalue weighted by Gasteiger charge is 2.16. The van der Waals surface area contributed by atoms with E-state index in [0.717, 1.165) is 21.9 Å². The number of furan rings is 1. The highest BCUT2D eigenvalue weighted by atomic mass is 32.1. The van der Waals surface area contributed by atoms with Crippen LogP contribution in [0, 0.1) is 0 Å². The first-order valence-electron chi connectivity index (χ1n) is 8.07. The molecule has 2 amide bonds. The molecular formula is C19H20N2O3S. The van der Waals surface area contributed by atoms with Crippen LogP contribution in [0.4, 0.5) is 10.5 Å². The van der Waals surface area contributed by atoms with Crippen LogP contribution in [0.2, 0.25) is 0 Å². The van der Waals surface area contributed by atoms with Gasteiger partial charge in [0.1, 0.15) is 5.75 Å². The molecule has 0 aliphatic carbocycles. The first-order valence-corrected chi connectivity index (χ1v) is 8.95. The van der Waals surface area contributed by atoms with Gasteiger partial charge in [0.05, 0.1) is 32.2 Å². The minimum Gasteiger partial charge on any atom is -0.494 e. The topological polar surface area (TPSA) is 54.7 Å². The van der Waals surface area contributed by atoms with Gasteiger partial charge >= 0.3 is 6.03 Å². The first kappa shape index (κ1) is 17.1. The van der Waals surface area contributed by atoms with Gasteiger partial charge in [-0.05, 0) is 48.7 Å². The van der Waals surface area contributed by atoms with Gasteiger partial charge < -0.3 is 19.4 Å². The molecule has 3 aromatic rings. The van der Waals surface area contributed by atoms with Gasteiger partial charge in [-0.15, -0.1) is 11.3 Å². The summed E-state index contributed by atoms with van der Waals surface area (Å²) in [7, 11) is 0. The first-order chi connectivity index (χ1) is 12.2. The van der Waals surface area contributed by atoms with Crippen molar-refractivity contribution < 1.29 is 13.9 Å². The van der Waals surface area contributed by atoms with Gasteiger partial charge in [0.2, 0.25) is 0 Å². The van der Waals surface area contributed by atoms with Crippen molar-refractivity contribution in [2.24, 2.45) is 0 Å². The smallest absolute Gasteiger partial charge is 0.322 e. The number of nitrogens with one attached hydrogen (secondary N) is 1. The predicted octanol–water partition coefficient (Wildman–Crippen LogP) is 4.97. The van der Waals surface area contributed by atoms with Gasteiger partial charge in [-0.25, -0.2) is 4.79 Å². The molecule has 0 spiro atoms. The van der Waals surface area contributed by atoms with E-state index in [0.29, 0.717) is 19.7 Å². The van der Waals surface area contributed by atoms with Crippen molar-refractivity contribution in [3.63, 3.8) is 0 Å². The van der Waals surface area contributed by atoms with Crippen LogP contribution in [0.15, 0.2) is 64.8 Å². The fraction of sp³-hybridized carbons (Fsp3) is 0.211. The lowest BCUT2D eigenvalue weighted by Crippen LogP contribution is -2.33. The van der Waals surface area contributed by atoms with E-state index in [-0.39, 0.29) is 6.03 Å². The van der Waals surface area contributed by atoms with Crippen LogP contribution in [0.5, 0.6) is 5.75 Å². The van der Waals surface area contributed by atoms with Crippen molar-refractivity contribution >= 4 is 23.1 Å². The number of nitrogens with zero attached hydrogens (tertiary/aromatic N) is 1. The van der Waals surface area contributed by atoms with Gasteiger partial charge in [-0.1, -0.05) is 6.07 Å². The third-order valence-corrected chi connectivity index (χ3v) is 4.45. The summed E-state index contributed by atoms with van der Waals surface area (Å²) in [4.78, 5) is 15.6. The summed E-state index contributed by atoms with van der Waals surface area (Å²) in [6, 6.07) is 13.1. The summed E-state index contributed by atoms with van der Waals surface area (Å²) in [6.07, 6.45) is 3.27. The van der Waals surface area contributed by atoms with Crippen molar-refractivity contribution in [3.8, 4) is 5.75 Å². The molecule has 1 aromatic carbocycles. The van der Waals surface area contributed by atoms with Crippen LogP contribution in [-0.4, -0.2) is 17.5 Å². The fourth-order valence-electron chi connectivity index (χ4n) is 2.40. The Kier molecular flexibility index (Phi) is 5.74. The molecular weight excluding hydrogens is 336 g/mol. The minimum absolute atomic E-state index is 0.154. The molecule has 0 bridgehead atoms. The molecule has 25 heavy (non-hydrogen) atoms. The molecule has 0 saturated heterocycles. The molecule has 2 aromatic heterocycles. The SMILES string of the molecule is CCOc1ccc(NC(=O)N(Cc2ccoc2)Cc2cccs2)cc1. The Hall–Kier alpha value is -2.73. The largest absolute Gasteiger partial charge is 0.494 e. The highest BCUT2D eigenvalue weighted by Crippen LogP contribution is 2.19. The standard InChI is InChI=1S/C19H20N2O3S/c1-2-24-17-7-5-16(6-8-17)20-19(22)21(12-15-9-10-23-14-15)13-18-4-3-11-25-18/h3-11,14H,2,12-13H2,1H3,(H,20,22). The lowest BCUT2D eigenvalue weighted by molar-refractivity contribution is 0.207. The summed E-state index contributed by atoms with van der Waals surface area (Å²) < 4.78 is 10.5. The number of carbonyl (C=O) groups is 1. The molecule has 6 heteroatoms. The summed E-state index contributed by atoms with van der Waals surface area (Å²) >= 11 is 1.63. The monoisotopic (exact) mass is 356 g/mol. The lowest BCUT2D eigenvalue weighted by atomic mass is 10.3. The Bertz CT molecular complexity index is 731. The van der Waals surface area contributed by atoms with Crippen LogP contribution < -0.4 is 10.1 Å². The predicted molar refractivity (Wildman–Crippen MR) is 98.9 cm³/mol. The van der Waals surface area contributed by atoms with Crippen molar-refractivity contribution in [2.75, 3.05) is 11.9 Å². The lowest BCUT2D eigenvalue weighted by Gasteiger charge is -2.22. The van der Waals surface area contributed by atoms with Gasteiger partial charge in [0, 0.05) is 16.1 Å². The number of amides is 2. The Balaban J connectivity index is 1.69. The van der Waals surface area contributed by atoms with E-state index in [2.05, 4.69) is 5.32 Å². The number of benzene rings is 1. The van der Waals surface area contributed by atoms with Gasteiger partial charge in [-0.2, -0.15) is 0 Å². The maximum atomic E-state index is 12.7. The van der Waals surface area contributed by atoms with Gasteiger partial charge in [0.15, 0.2) is 0 Å². The molecule has 1 N–H and O–H groups in total. The summed E-state index contributed by atoms with van der Waals surface area (Å²) in [5.74, 6) is 0.786. The van der Waals surface area contributed by atoms with Crippen molar-refractivity contribution in [1.29, 1.82) is 0 Å². The van der Waals surface area contributed by atoms with E-state index in [4.69, 9.17) is 9.15 Å². The van der Waals surface area contributed by atoms with Gasteiger partial charge in [-0.3, -0.25) is 0 Å². The van der Waals surface area contributed by atoms with E-state index in [1.165, 1.54) is 0 Å². The number of hydrogen-bond donors (Lipinski definition) is 1. The number of anilines is 1. The zero-order valence-electron chi connectivity index (χ0n) is 14.0. The molecule has 0 aliphatic rings. The number of rotatable bonds is 7. The number of ether oxygens (including phenoxy) is 1. The summed E-state index contributed by atoms with van der Waals surface area (Å²) in [5, 5.41) is 4.95. The van der Waals surface area contributed by atoms with Crippen molar-refractivity contribution in [2.45, 2.75) is 20.0 Å². The second-order valence-electron chi connectivity index (χ2n) is 5.45. The second-order valence-corrected chi connectivity index (χ2v) is 6.49. The zero-order chi connectivity index (χ0) is 17.5. The third kappa shape index (κ3) is 4.87. The molecule has 3 rings (SSSR count). The third-order valence-electron chi connectivity index (χ3n) is 3.58. The van der Waals surface area contributed by atoms with E-state index in [9.17, 15) is 4.79 Å². The van der Waals surface area contributed by atoms with Crippen LogP contribution in [0.3, 0.4) is 0 Å². The number of hydrogen-bond acceptors (Lipinski definition) is 4. The maximum absolute atomic E-state index is 12.7. The molecule has 2 heterocycles. The van der Waals surface area contributed by atoms with Crippen LogP contribution in [0.1, 0.15) is 17.4 Å². The molecule has 0 unspecified atom stereocenters. The summed E-state index contributed by atoms with van der Waals surface area (Å²) in [6.45, 7) is 3.59. The molecule has 0 saturated carbocycles. The Morgan fingerprint density at radius 2 is 2.04 bits per heavy atom. The fourth-order valence-corrected chi connectivity index (χ4v) is 3.12. The van der Waals surface area contributed by atoms with Crippen molar-refractivity contribution in [3.05, 3.63) is 70.8 Å². The number of urea groups is 1. The average molecular weight is 356 g/mol. The van der Waals surface area contributed by atoms with Crippen LogP contribution in [-0.2, 0) is 13.1 Å². The Morgan fingerprint density at radius 3 is 2.68 bits per heavy atom. The minimum atomic E-state index is -0.154. The molecule has 0 radical (unpaired) electrons. The zero-order valence-corrected chi connectivity index (χ0v) is 14.8. The molecule has 0 fully saturated rings. The van der Waals surface area contributed by atoms with E-state index in [1.807, 2.05) is 54.8 Å². The Morgan fingerprint density at radius 1 is 1.20 bits per heavy atom. The molecule has 0 atom stereocenters. The van der Waals surface area contributed by atoms with Gasteiger partial charge in [0.25, 0.3) is 0 Å². The normalized spacial score (nSPS) is 10.4. The Labute approximate surface area is 150 Å². The van der Waals surface area contributed by atoms with E-state index < -0.39 is 0 Å². The van der Waals surface area contributed by atoms with Crippen LogP contribution >= 0.6 is 11.3 Å². The maximum Gasteiger partial charge on any atom is 0.322 e. The molecule has 5 nitrogen and oxygen atoms in total. The van der Waals surface area contributed by atoms with E-state index >= 15 is 0 Å². The quantitative estimate of drug-likeness (QED) is 0.650. The highest BCUT2D eigenvalue weighted by molar-refractivity contribution is 7.09. The average Bonchev–Trinajstić information content (AvgIpc) is 3.30. The van der Waals surface area contributed by atoms with Crippen LogP contribution in [0.25, 0.3) is 0 Å². The molecule has 0 aliphatic heterocycles. The van der Waals surface area contributed by atoms with E-state index in [1.54, 1.807) is 28.8 Å². The summed E-state index contributed by atoms with van der Waals surface area (Å²) in [5.41, 5.74) is 1.69. The van der Waals surface area contributed by atoms with Crippen molar-refractivity contribution in [1.82, 2.24) is 4.90 Å². The number of carbonyl (C=O) groups excluding carboxylic acids is 1. The molecule has 130 valence electrons.